The van der Waals surface area contributed by atoms with Gasteiger partial charge in [0.15, 0.2) is 5.78 Å². The van der Waals surface area contributed by atoms with Crippen molar-refractivity contribution < 1.29 is 14.3 Å². The third-order valence-corrected chi connectivity index (χ3v) is 6.82. The molecule has 6 rings (SSSR count). The first-order valence-electron chi connectivity index (χ1n) is 10.7. The van der Waals surface area contributed by atoms with Gasteiger partial charge in [0.1, 0.15) is 6.10 Å². The predicted octanol–water partition coefficient (Wildman–Crippen LogP) is 5.31. The van der Waals surface area contributed by atoms with E-state index in [4.69, 9.17) is 4.74 Å². The van der Waals surface area contributed by atoms with Crippen LogP contribution in [0.5, 0.6) is 0 Å². The van der Waals surface area contributed by atoms with Crippen LogP contribution in [0.4, 0.5) is 4.79 Å². The summed E-state index contributed by atoms with van der Waals surface area (Å²) in [5.74, 6) is 0.0477. The summed E-state index contributed by atoms with van der Waals surface area (Å²) in [6.07, 6.45) is 0.448. The molecule has 0 saturated heterocycles. The molecule has 0 spiro atoms. The number of amides is 1. The average molecular weight is 410 g/mol. The molecule has 3 aromatic carbocycles. The number of alkyl carbamates (subject to hydrolysis) is 1. The van der Waals surface area contributed by atoms with Gasteiger partial charge >= 0.3 is 6.09 Å². The quantitative estimate of drug-likeness (QED) is 0.471. The number of benzene rings is 3. The molecule has 5 heteroatoms. The summed E-state index contributed by atoms with van der Waals surface area (Å²) in [6.45, 7) is 1.93. The second-order valence-corrected chi connectivity index (χ2v) is 8.41. The summed E-state index contributed by atoms with van der Waals surface area (Å²) in [7, 11) is 1.56. The molecule has 2 aliphatic rings. The van der Waals surface area contributed by atoms with E-state index in [1.54, 1.807) is 7.05 Å². The maximum atomic E-state index is 13.1. The first-order chi connectivity index (χ1) is 15.1. The normalized spacial score (nSPS) is 17.5. The summed E-state index contributed by atoms with van der Waals surface area (Å²) in [4.78, 5) is 28.8. The topological polar surface area (TPSA) is 71.2 Å². The Balaban J connectivity index is 1.75. The number of aromatic amines is 1. The number of Topliss-reactive ketones (excluding diaryl/α,β-unsaturated/α-hetero) is 1. The van der Waals surface area contributed by atoms with Crippen LogP contribution in [0.2, 0.25) is 0 Å². The van der Waals surface area contributed by atoms with Crippen molar-refractivity contribution in [3.05, 3.63) is 70.8 Å². The van der Waals surface area contributed by atoms with Crippen molar-refractivity contribution in [2.24, 2.45) is 0 Å². The molecule has 0 bridgehead atoms. The lowest BCUT2D eigenvalue weighted by Gasteiger charge is -2.23. The van der Waals surface area contributed by atoms with E-state index in [1.807, 2.05) is 31.2 Å². The predicted molar refractivity (Wildman–Crippen MR) is 121 cm³/mol. The fraction of sp³-hybridized carbons (Fsp3) is 0.231. The average Bonchev–Trinajstić information content (AvgIpc) is 3.44. The smallest absolute Gasteiger partial charge is 0.407 e. The number of aromatic nitrogens is 1. The van der Waals surface area contributed by atoms with Crippen LogP contribution >= 0.6 is 0 Å². The minimum absolute atomic E-state index is 0.155. The van der Waals surface area contributed by atoms with E-state index in [0.717, 1.165) is 61.6 Å². The van der Waals surface area contributed by atoms with Crippen LogP contribution in [0.3, 0.4) is 0 Å². The van der Waals surface area contributed by atoms with E-state index < -0.39 is 12.2 Å². The number of ether oxygens (including phenoxy) is 1. The highest BCUT2D eigenvalue weighted by Gasteiger charge is 2.41. The minimum Gasteiger partial charge on any atom is -0.446 e. The van der Waals surface area contributed by atoms with Gasteiger partial charge in [-0.1, -0.05) is 42.5 Å². The second-order valence-electron chi connectivity index (χ2n) is 8.41. The summed E-state index contributed by atoms with van der Waals surface area (Å²) >= 11 is 0. The molecule has 2 N–H and O–H groups in total. The Hall–Kier alpha value is -3.60. The third-order valence-electron chi connectivity index (χ3n) is 6.82. The number of ketones is 1. The van der Waals surface area contributed by atoms with Crippen LogP contribution in [-0.4, -0.2) is 30.0 Å². The van der Waals surface area contributed by atoms with Gasteiger partial charge < -0.3 is 15.0 Å². The Morgan fingerprint density at radius 3 is 2.71 bits per heavy atom. The number of fused-ring (bicyclic) bond motifs is 10. The van der Waals surface area contributed by atoms with E-state index in [1.165, 1.54) is 0 Å². The van der Waals surface area contributed by atoms with Gasteiger partial charge in [-0.05, 0) is 47.2 Å². The number of para-hydroxylation sites is 1. The maximum Gasteiger partial charge on any atom is 0.407 e. The minimum atomic E-state index is -0.455. The van der Waals surface area contributed by atoms with Crippen LogP contribution in [0, 0.1) is 0 Å². The van der Waals surface area contributed by atoms with E-state index in [-0.39, 0.29) is 11.7 Å². The monoisotopic (exact) mass is 410 g/mol. The molecular formula is C26H22N2O3. The lowest BCUT2D eigenvalue weighted by Crippen LogP contribution is -2.28. The first kappa shape index (κ1) is 18.2. The Labute approximate surface area is 179 Å². The van der Waals surface area contributed by atoms with Crippen LogP contribution < -0.4 is 5.32 Å². The number of aryl methyl sites for hydroxylation is 1. The molecule has 31 heavy (non-hydrogen) atoms. The molecule has 1 amide bonds. The molecule has 0 unspecified atom stereocenters. The van der Waals surface area contributed by atoms with Gasteiger partial charge in [0.05, 0.1) is 5.52 Å². The zero-order valence-electron chi connectivity index (χ0n) is 17.4. The van der Waals surface area contributed by atoms with Gasteiger partial charge in [0.25, 0.3) is 0 Å². The van der Waals surface area contributed by atoms with E-state index >= 15 is 0 Å². The van der Waals surface area contributed by atoms with Crippen molar-refractivity contribution in [1.29, 1.82) is 0 Å². The van der Waals surface area contributed by atoms with Gasteiger partial charge in [-0.3, -0.25) is 4.79 Å². The molecular weight excluding hydrogens is 388 g/mol. The van der Waals surface area contributed by atoms with Gasteiger partial charge in [-0.2, -0.15) is 0 Å². The van der Waals surface area contributed by atoms with E-state index in [2.05, 4.69) is 34.6 Å². The Kier molecular flexibility index (Phi) is 3.78. The van der Waals surface area contributed by atoms with Crippen LogP contribution in [0.15, 0.2) is 48.5 Å². The summed E-state index contributed by atoms with van der Waals surface area (Å²) in [5, 5.41) is 4.83. The summed E-state index contributed by atoms with van der Waals surface area (Å²) in [6, 6.07) is 16.4. The standard InChI is InChI=1S/C26H22N2O3/c1-13(31-26(30)27-2)20-14-7-3-4-8-15(14)23-22-17(11-12-19(22)29)21-16-9-5-6-10-18(16)28-25(21)24(20)23/h3-10,13,20,28H,11-12H2,1-2H3,(H,27,30)/t13-,20-/m0/s1. The van der Waals surface area contributed by atoms with Crippen LogP contribution in [0.1, 0.15) is 46.3 Å². The second kappa shape index (κ2) is 6.45. The third kappa shape index (κ3) is 2.37. The summed E-state index contributed by atoms with van der Waals surface area (Å²) < 4.78 is 5.72. The molecule has 5 nitrogen and oxygen atoms in total. The summed E-state index contributed by atoms with van der Waals surface area (Å²) in [5.41, 5.74) is 8.37. The van der Waals surface area contributed by atoms with Crippen molar-refractivity contribution in [3.63, 3.8) is 0 Å². The molecule has 0 aliphatic heterocycles. The first-order valence-corrected chi connectivity index (χ1v) is 10.7. The van der Waals surface area contributed by atoms with Crippen LogP contribution in [0.25, 0.3) is 32.9 Å². The number of nitrogens with one attached hydrogen (secondary N) is 2. The zero-order valence-corrected chi connectivity index (χ0v) is 17.4. The molecule has 2 atom stereocenters. The van der Waals surface area contributed by atoms with E-state index in [9.17, 15) is 9.59 Å². The van der Waals surface area contributed by atoms with Crippen molar-refractivity contribution in [2.75, 3.05) is 7.05 Å². The SMILES string of the molecule is CNC(=O)O[C@@H](C)[C@H]1c2ccccc2-c2c3c(c4c([nH]c5ccccc54)c21)CCC3=O. The highest BCUT2D eigenvalue weighted by molar-refractivity contribution is 6.20. The molecule has 4 aromatic rings. The fourth-order valence-corrected chi connectivity index (χ4v) is 5.64. The Morgan fingerprint density at radius 2 is 1.87 bits per heavy atom. The molecule has 1 aromatic heterocycles. The molecule has 0 saturated carbocycles. The fourth-order valence-electron chi connectivity index (χ4n) is 5.64. The van der Waals surface area contributed by atoms with Gasteiger partial charge in [-0.25, -0.2) is 4.79 Å². The lowest BCUT2D eigenvalue weighted by molar-refractivity contribution is 0.0987. The number of rotatable bonds is 2. The van der Waals surface area contributed by atoms with Gasteiger partial charge in [-0.15, -0.1) is 0 Å². The van der Waals surface area contributed by atoms with Gasteiger partial charge in [0.2, 0.25) is 0 Å². The number of H-pyrrole nitrogens is 1. The number of carbonyl (C=O) groups excluding carboxylic acids is 2. The molecule has 2 aliphatic carbocycles. The zero-order chi connectivity index (χ0) is 21.3. The molecule has 0 radical (unpaired) electrons. The lowest BCUT2D eigenvalue weighted by atomic mass is 9.87. The molecule has 1 heterocycles. The number of hydrogen-bond donors (Lipinski definition) is 2. The van der Waals surface area contributed by atoms with Crippen molar-refractivity contribution >= 4 is 33.7 Å². The van der Waals surface area contributed by atoms with Gasteiger partial charge in [0, 0.05) is 41.2 Å². The largest absolute Gasteiger partial charge is 0.446 e. The van der Waals surface area contributed by atoms with Crippen molar-refractivity contribution in [3.8, 4) is 11.1 Å². The Morgan fingerprint density at radius 1 is 1.10 bits per heavy atom. The highest BCUT2D eigenvalue weighted by Crippen LogP contribution is 2.54. The highest BCUT2D eigenvalue weighted by atomic mass is 16.6. The molecule has 154 valence electrons. The Bertz CT molecular complexity index is 1420. The van der Waals surface area contributed by atoms with Crippen molar-refractivity contribution in [1.82, 2.24) is 10.3 Å². The maximum absolute atomic E-state index is 13.1. The molecule has 0 fully saturated rings. The number of carbonyl (C=O) groups is 2. The van der Waals surface area contributed by atoms with Crippen molar-refractivity contribution in [2.45, 2.75) is 31.8 Å². The van der Waals surface area contributed by atoms with Crippen LogP contribution in [-0.2, 0) is 11.2 Å². The van der Waals surface area contributed by atoms with E-state index in [0.29, 0.717) is 6.42 Å². The number of hydrogen-bond acceptors (Lipinski definition) is 3.